The first-order valence-corrected chi connectivity index (χ1v) is 10.1. The van der Waals surface area contributed by atoms with E-state index in [1.54, 1.807) is 12.1 Å². The maximum atomic E-state index is 13.8. The second-order valence-corrected chi connectivity index (χ2v) is 7.99. The van der Waals surface area contributed by atoms with Crippen molar-refractivity contribution in [3.05, 3.63) is 71.4 Å². The first-order chi connectivity index (χ1) is 14.8. The van der Waals surface area contributed by atoms with E-state index in [9.17, 15) is 13.6 Å². The van der Waals surface area contributed by atoms with Gasteiger partial charge in [-0.15, -0.1) is 0 Å². The molecule has 2 heterocycles. The number of nitrogens with zero attached hydrogens (tertiary/aromatic N) is 3. The molecule has 8 heteroatoms. The Labute approximate surface area is 179 Å². The van der Waals surface area contributed by atoms with Crippen molar-refractivity contribution in [3.63, 3.8) is 0 Å². The van der Waals surface area contributed by atoms with Gasteiger partial charge < -0.3 is 15.5 Å². The molecular formula is C23H25F2N5O. The minimum atomic E-state index is -2.59. The molecule has 0 saturated carbocycles. The molecule has 1 aliphatic rings. The van der Waals surface area contributed by atoms with Gasteiger partial charge in [-0.3, -0.25) is 4.79 Å². The lowest BCUT2D eigenvalue weighted by molar-refractivity contribution is 0.0657. The number of fused-ring (bicyclic) bond motifs is 1. The van der Waals surface area contributed by atoms with Crippen molar-refractivity contribution in [2.75, 3.05) is 29.6 Å². The predicted molar refractivity (Wildman–Crippen MR) is 118 cm³/mol. The van der Waals surface area contributed by atoms with Gasteiger partial charge >= 0.3 is 0 Å². The van der Waals surface area contributed by atoms with E-state index in [4.69, 9.17) is 0 Å². The van der Waals surface area contributed by atoms with Gasteiger partial charge in [0.15, 0.2) is 0 Å². The molecule has 2 aromatic carbocycles. The zero-order valence-corrected chi connectivity index (χ0v) is 17.6. The van der Waals surface area contributed by atoms with Crippen molar-refractivity contribution in [3.8, 4) is 0 Å². The van der Waals surface area contributed by atoms with E-state index in [2.05, 4.69) is 15.7 Å². The Morgan fingerprint density at radius 3 is 2.45 bits per heavy atom. The van der Waals surface area contributed by atoms with Crippen LogP contribution in [0.3, 0.4) is 0 Å². The normalized spacial score (nSPS) is 17.7. The third kappa shape index (κ3) is 4.23. The van der Waals surface area contributed by atoms with Crippen molar-refractivity contribution in [2.24, 2.45) is 0 Å². The van der Waals surface area contributed by atoms with Gasteiger partial charge in [0.25, 0.3) is 12.3 Å². The summed E-state index contributed by atoms with van der Waals surface area (Å²) in [6, 6.07) is 13.7. The van der Waals surface area contributed by atoms with Crippen molar-refractivity contribution in [1.82, 2.24) is 9.78 Å². The summed E-state index contributed by atoms with van der Waals surface area (Å²) in [4.78, 5) is 14.9. The number of amides is 1. The highest BCUT2D eigenvalue weighted by Gasteiger charge is 2.36. The summed E-state index contributed by atoms with van der Waals surface area (Å²) in [5, 5.41) is 10.2. The fourth-order valence-corrected chi connectivity index (χ4v) is 3.76. The Morgan fingerprint density at radius 1 is 1.16 bits per heavy atom. The average molecular weight is 425 g/mol. The van der Waals surface area contributed by atoms with Crippen molar-refractivity contribution in [1.29, 1.82) is 0 Å². The standard InChI is InChI=1S/C23H25F2N5O/c1-14-4-6-15(7-5-14)19-12-20(21(24)25)30-22(28-19)18(13-26-30)23(31)27-16-8-10-17(11-9-16)29(2)3/h4-11,13,19-21,28H,12H2,1-3H3,(H,27,31)/t19-,20+/m1/s1. The van der Waals surface area contributed by atoms with E-state index in [0.29, 0.717) is 11.5 Å². The van der Waals surface area contributed by atoms with E-state index in [-0.39, 0.29) is 18.0 Å². The van der Waals surface area contributed by atoms with Crippen LogP contribution in [-0.2, 0) is 0 Å². The molecule has 1 aromatic heterocycles. The molecule has 0 saturated heterocycles. The van der Waals surface area contributed by atoms with Crippen molar-refractivity contribution in [2.45, 2.75) is 31.9 Å². The van der Waals surface area contributed by atoms with Gasteiger partial charge in [-0.05, 0) is 43.2 Å². The average Bonchev–Trinajstić information content (AvgIpc) is 3.18. The molecule has 0 bridgehead atoms. The lowest BCUT2D eigenvalue weighted by atomic mass is 9.96. The molecule has 0 unspecified atom stereocenters. The first-order valence-electron chi connectivity index (χ1n) is 10.1. The highest BCUT2D eigenvalue weighted by molar-refractivity contribution is 6.07. The zero-order chi connectivity index (χ0) is 22.1. The SMILES string of the molecule is Cc1ccc([C@H]2C[C@@H](C(F)F)n3ncc(C(=O)Nc4ccc(N(C)C)cc4)c3N2)cc1. The largest absolute Gasteiger partial charge is 0.378 e. The lowest BCUT2D eigenvalue weighted by Crippen LogP contribution is -2.31. The number of hydrogen-bond acceptors (Lipinski definition) is 4. The van der Waals surface area contributed by atoms with Crippen LogP contribution in [0.2, 0.25) is 0 Å². The van der Waals surface area contributed by atoms with Crippen molar-refractivity contribution < 1.29 is 13.6 Å². The second-order valence-electron chi connectivity index (χ2n) is 7.99. The predicted octanol–water partition coefficient (Wildman–Crippen LogP) is 4.87. The van der Waals surface area contributed by atoms with Crippen LogP contribution in [0.1, 0.15) is 40.0 Å². The number of rotatable bonds is 5. The highest BCUT2D eigenvalue weighted by Crippen LogP contribution is 2.39. The van der Waals surface area contributed by atoms with Gasteiger partial charge in [-0.2, -0.15) is 5.10 Å². The molecule has 6 nitrogen and oxygen atoms in total. The number of nitrogens with one attached hydrogen (secondary N) is 2. The summed E-state index contributed by atoms with van der Waals surface area (Å²) >= 11 is 0. The molecule has 2 atom stereocenters. The fraction of sp³-hybridized carbons (Fsp3) is 0.304. The number of halogens is 2. The van der Waals surface area contributed by atoms with Crippen molar-refractivity contribution >= 4 is 23.1 Å². The van der Waals surface area contributed by atoms with E-state index in [0.717, 1.165) is 16.8 Å². The van der Waals surface area contributed by atoms with Crippen LogP contribution >= 0.6 is 0 Å². The number of hydrogen-bond donors (Lipinski definition) is 2. The minimum Gasteiger partial charge on any atom is -0.378 e. The van der Waals surface area contributed by atoms with Crippen LogP contribution in [0.4, 0.5) is 26.0 Å². The number of aryl methyl sites for hydroxylation is 1. The third-order valence-electron chi connectivity index (χ3n) is 5.55. The molecule has 0 spiro atoms. The number of anilines is 3. The van der Waals surface area contributed by atoms with E-state index in [1.165, 1.54) is 10.9 Å². The monoisotopic (exact) mass is 425 g/mol. The molecular weight excluding hydrogens is 400 g/mol. The molecule has 2 N–H and O–H groups in total. The summed E-state index contributed by atoms with van der Waals surface area (Å²) in [5.74, 6) is -0.0894. The third-order valence-corrected chi connectivity index (χ3v) is 5.55. The minimum absolute atomic E-state index is 0.183. The molecule has 3 aromatic rings. The Morgan fingerprint density at radius 2 is 1.84 bits per heavy atom. The molecule has 4 rings (SSSR count). The number of carbonyl (C=O) groups excluding carboxylic acids is 1. The summed E-state index contributed by atoms with van der Waals surface area (Å²) in [6.45, 7) is 1.97. The summed E-state index contributed by atoms with van der Waals surface area (Å²) < 4.78 is 28.9. The number of aromatic nitrogens is 2. The molecule has 0 radical (unpaired) electrons. The Bertz CT molecular complexity index is 1060. The first kappa shape index (κ1) is 20.8. The maximum absolute atomic E-state index is 13.8. The van der Waals surface area contributed by atoms with Gasteiger partial charge in [-0.25, -0.2) is 13.5 Å². The molecule has 0 fully saturated rings. The van der Waals surface area contributed by atoms with Crippen LogP contribution in [0.15, 0.2) is 54.7 Å². The molecule has 1 aliphatic heterocycles. The van der Waals surface area contributed by atoms with Crippen LogP contribution in [0.25, 0.3) is 0 Å². The summed E-state index contributed by atoms with van der Waals surface area (Å²) in [5.41, 5.74) is 3.85. The van der Waals surface area contributed by atoms with E-state index in [1.807, 2.05) is 62.3 Å². The maximum Gasteiger partial charge on any atom is 0.261 e. The fourth-order valence-electron chi connectivity index (χ4n) is 3.76. The topological polar surface area (TPSA) is 62.2 Å². The van der Waals surface area contributed by atoms with Gasteiger partial charge in [0, 0.05) is 25.5 Å². The summed E-state index contributed by atoms with van der Waals surface area (Å²) in [7, 11) is 3.87. The Kier molecular flexibility index (Phi) is 5.63. The lowest BCUT2D eigenvalue weighted by Gasteiger charge is -2.32. The van der Waals surface area contributed by atoms with Gasteiger partial charge in [0.1, 0.15) is 17.4 Å². The quantitative estimate of drug-likeness (QED) is 0.612. The second kappa shape index (κ2) is 8.37. The molecule has 0 aliphatic carbocycles. The highest BCUT2D eigenvalue weighted by atomic mass is 19.3. The molecule has 162 valence electrons. The van der Waals surface area contributed by atoms with E-state index < -0.39 is 18.4 Å². The number of alkyl halides is 2. The Hall–Kier alpha value is -3.42. The van der Waals surface area contributed by atoms with Gasteiger partial charge in [0.2, 0.25) is 0 Å². The Balaban J connectivity index is 1.61. The van der Waals surface area contributed by atoms with Crippen LogP contribution in [0, 0.1) is 6.92 Å². The van der Waals surface area contributed by atoms with Crippen LogP contribution in [-0.4, -0.2) is 36.2 Å². The summed E-state index contributed by atoms with van der Waals surface area (Å²) in [6.07, 6.45) is -1.07. The van der Waals surface area contributed by atoms with Gasteiger partial charge in [-0.1, -0.05) is 29.8 Å². The van der Waals surface area contributed by atoms with Crippen LogP contribution in [0.5, 0.6) is 0 Å². The van der Waals surface area contributed by atoms with Crippen LogP contribution < -0.4 is 15.5 Å². The number of carbonyl (C=O) groups is 1. The molecule has 1 amide bonds. The van der Waals surface area contributed by atoms with E-state index >= 15 is 0 Å². The number of benzene rings is 2. The van der Waals surface area contributed by atoms with Gasteiger partial charge in [0.05, 0.1) is 12.2 Å². The molecule has 31 heavy (non-hydrogen) atoms. The zero-order valence-electron chi connectivity index (χ0n) is 17.6. The smallest absolute Gasteiger partial charge is 0.261 e.